The molecule has 3 rings (SSSR count). The van der Waals surface area contributed by atoms with Crippen LogP contribution >= 0.6 is 0 Å². The zero-order chi connectivity index (χ0) is 21.0. The first-order valence-corrected chi connectivity index (χ1v) is 8.62. The van der Waals surface area contributed by atoms with Crippen LogP contribution in [0.5, 0.6) is 5.75 Å². The smallest absolute Gasteiger partial charge is 0.338 e. The number of methoxy groups -OCH3 is 1. The maximum Gasteiger partial charge on any atom is 0.338 e. The molecule has 29 heavy (non-hydrogen) atoms. The molecule has 0 saturated heterocycles. The number of hydrogen-bond donors (Lipinski definition) is 0. The molecule has 0 aliphatic heterocycles. The van der Waals surface area contributed by atoms with Crippen LogP contribution in [0, 0.1) is 10.1 Å². The van der Waals surface area contributed by atoms with Crippen LogP contribution in [0.1, 0.15) is 16.1 Å². The van der Waals surface area contributed by atoms with Crippen molar-refractivity contribution < 1.29 is 23.7 Å². The van der Waals surface area contributed by atoms with Crippen molar-refractivity contribution in [3.05, 3.63) is 70.0 Å². The minimum atomic E-state index is -0.694. The number of nitro groups is 1. The van der Waals surface area contributed by atoms with Crippen LogP contribution in [0.2, 0.25) is 0 Å². The molecule has 0 saturated carbocycles. The normalized spacial score (nSPS) is 10.4. The van der Waals surface area contributed by atoms with Gasteiger partial charge in [0.15, 0.2) is 12.4 Å². The molecule has 2 aromatic carbocycles. The van der Waals surface area contributed by atoms with Gasteiger partial charge in [0, 0.05) is 31.8 Å². The summed E-state index contributed by atoms with van der Waals surface area (Å²) in [7, 11) is 4.95. The average molecular weight is 397 g/mol. The molecule has 0 aliphatic rings. The zero-order valence-corrected chi connectivity index (χ0v) is 16.1. The lowest BCUT2D eigenvalue weighted by Crippen LogP contribution is -2.12. The molecule has 150 valence electrons. The largest absolute Gasteiger partial charge is 0.497 e. The lowest BCUT2D eigenvalue weighted by Gasteiger charge is -2.13. The highest BCUT2D eigenvalue weighted by molar-refractivity contribution is 5.91. The Morgan fingerprint density at radius 2 is 1.90 bits per heavy atom. The second-order valence-electron chi connectivity index (χ2n) is 6.34. The number of hydrogen-bond acceptors (Lipinski definition) is 8. The van der Waals surface area contributed by atoms with E-state index in [0.29, 0.717) is 17.1 Å². The molecule has 0 fully saturated rings. The number of aromatic nitrogens is 1. The number of carbonyl (C=O) groups is 1. The predicted octanol–water partition coefficient (Wildman–Crippen LogP) is 3.68. The molecule has 0 unspecified atom stereocenters. The summed E-state index contributed by atoms with van der Waals surface area (Å²) in [5, 5.41) is 15.2. The number of ether oxygens (including phenoxy) is 2. The molecule has 3 aromatic rings. The summed E-state index contributed by atoms with van der Waals surface area (Å²) in [5.41, 5.74) is 1.71. The van der Waals surface area contributed by atoms with Gasteiger partial charge >= 0.3 is 5.97 Å². The van der Waals surface area contributed by atoms with Crippen LogP contribution in [0.15, 0.2) is 53.1 Å². The minimum absolute atomic E-state index is 0.0807. The number of rotatable bonds is 7. The van der Waals surface area contributed by atoms with Crippen LogP contribution in [-0.2, 0) is 11.3 Å². The van der Waals surface area contributed by atoms with E-state index in [4.69, 9.17) is 14.0 Å². The third kappa shape index (κ3) is 4.52. The lowest BCUT2D eigenvalue weighted by atomic mass is 10.1. The van der Waals surface area contributed by atoms with Crippen molar-refractivity contribution in [2.45, 2.75) is 6.61 Å². The van der Waals surface area contributed by atoms with Gasteiger partial charge in [0.25, 0.3) is 5.69 Å². The maximum atomic E-state index is 12.3. The van der Waals surface area contributed by atoms with E-state index in [1.807, 2.05) is 12.1 Å². The van der Waals surface area contributed by atoms with Gasteiger partial charge in [-0.1, -0.05) is 5.16 Å². The van der Waals surface area contributed by atoms with Crippen molar-refractivity contribution in [2.75, 3.05) is 26.1 Å². The molecule has 0 spiro atoms. The van der Waals surface area contributed by atoms with Gasteiger partial charge in [-0.25, -0.2) is 4.79 Å². The molecule has 9 heteroatoms. The Labute approximate surface area is 166 Å². The third-order valence-electron chi connectivity index (χ3n) is 4.18. The van der Waals surface area contributed by atoms with Gasteiger partial charge in [-0.05, 0) is 36.4 Å². The van der Waals surface area contributed by atoms with Crippen molar-refractivity contribution in [2.24, 2.45) is 0 Å². The number of esters is 1. The summed E-state index contributed by atoms with van der Waals surface area (Å²) in [6.45, 7) is -0.148. The first-order valence-electron chi connectivity index (χ1n) is 8.62. The predicted molar refractivity (Wildman–Crippen MR) is 105 cm³/mol. The Balaban J connectivity index is 1.69. The van der Waals surface area contributed by atoms with E-state index in [9.17, 15) is 14.9 Å². The molecule has 1 aromatic heterocycles. The highest BCUT2D eigenvalue weighted by Gasteiger charge is 2.20. The quantitative estimate of drug-likeness (QED) is 0.337. The monoisotopic (exact) mass is 397 g/mol. The Bertz CT molecular complexity index is 1030. The summed E-state index contributed by atoms with van der Waals surface area (Å²) in [5.74, 6) is 0.380. The molecule has 9 nitrogen and oxygen atoms in total. The van der Waals surface area contributed by atoms with E-state index in [1.165, 1.54) is 18.2 Å². The number of nitrogens with zero attached hydrogens (tertiary/aromatic N) is 3. The summed E-state index contributed by atoms with van der Waals surface area (Å²) >= 11 is 0. The highest BCUT2D eigenvalue weighted by atomic mass is 16.6. The molecular weight excluding hydrogens is 378 g/mol. The van der Waals surface area contributed by atoms with Gasteiger partial charge in [-0.15, -0.1) is 0 Å². The van der Waals surface area contributed by atoms with Gasteiger partial charge < -0.3 is 18.9 Å². The first kappa shape index (κ1) is 19.9. The summed E-state index contributed by atoms with van der Waals surface area (Å²) in [4.78, 5) is 24.6. The zero-order valence-electron chi connectivity index (χ0n) is 16.1. The fourth-order valence-electron chi connectivity index (χ4n) is 2.67. The molecule has 0 aliphatic carbocycles. The van der Waals surface area contributed by atoms with E-state index >= 15 is 0 Å². The Morgan fingerprint density at radius 3 is 2.52 bits per heavy atom. The van der Waals surface area contributed by atoms with Crippen molar-refractivity contribution in [3.63, 3.8) is 0 Å². The molecule has 1 heterocycles. The van der Waals surface area contributed by atoms with Crippen molar-refractivity contribution in [3.8, 4) is 17.0 Å². The Kier molecular flexibility index (Phi) is 5.77. The van der Waals surface area contributed by atoms with E-state index in [1.54, 1.807) is 44.3 Å². The van der Waals surface area contributed by atoms with Gasteiger partial charge in [-0.2, -0.15) is 0 Å². The molecule has 0 radical (unpaired) electrons. The fourth-order valence-corrected chi connectivity index (χ4v) is 2.67. The second-order valence-corrected chi connectivity index (χ2v) is 6.34. The van der Waals surface area contributed by atoms with Gasteiger partial charge in [0.05, 0.1) is 17.6 Å². The second kappa shape index (κ2) is 8.42. The first-order chi connectivity index (χ1) is 13.9. The van der Waals surface area contributed by atoms with Crippen LogP contribution in [0.3, 0.4) is 0 Å². The summed E-state index contributed by atoms with van der Waals surface area (Å²) in [6, 6.07) is 13.1. The Morgan fingerprint density at radius 1 is 1.17 bits per heavy atom. The SMILES string of the molecule is COc1ccc(-c2cc(COC(=O)c3ccc(N(C)C)c([N+](=O)[O-])c3)on2)cc1. The van der Waals surface area contributed by atoms with Crippen LogP contribution in [-0.4, -0.2) is 37.3 Å². The molecule has 0 N–H and O–H groups in total. The molecule has 0 amide bonds. The number of anilines is 1. The van der Waals surface area contributed by atoms with Crippen LogP contribution in [0.4, 0.5) is 11.4 Å². The van der Waals surface area contributed by atoms with E-state index in [2.05, 4.69) is 5.16 Å². The van der Waals surface area contributed by atoms with Gasteiger partial charge in [0.2, 0.25) is 0 Å². The number of carbonyl (C=O) groups excluding carboxylic acids is 1. The van der Waals surface area contributed by atoms with E-state index in [-0.39, 0.29) is 17.9 Å². The standard InChI is InChI=1S/C20H19N3O6/c1-22(2)18-9-6-14(10-19(18)23(25)26)20(24)28-12-16-11-17(21-29-16)13-4-7-15(27-3)8-5-13/h4-11H,12H2,1-3H3. The molecule has 0 atom stereocenters. The minimum Gasteiger partial charge on any atom is -0.497 e. The van der Waals surface area contributed by atoms with Crippen LogP contribution < -0.4 is 9.64 Å². The molecule has 0 bridgehead atoms. The van der Waals surface area contributed by atoms with Crippen molar-refractivity contribution in [1.82, 2.24) is 5.16 Å². The van der Waals surface area contributed by atoms with E-state index < -0.39 is 10.9 Å². The highest BCUT2D eigenvalue weighted by Crippen LogP contribution is 2.28. The van der Waals surface area contributed by atoms with Crippen molar-refractivity contribution in [1.29, 1.82) is 0 Å². The van der Waals surface area contributed by atoms with Gasteiger partial charge in [0.1, 0.15) is 17.1 Å². The number of benzene rings is 2. The average Bonchev–Trinajstić information content (AvgIpc) is 3.20. The van der Waals surface area contributed by atoms with Gasteiger partial charge in [-0.3, -0.25) is 10.1 Å². The fraction of sp³-hybridized carbons (Fsp3) is 0.200. The van der Waals surface area contributed by atoms with E-state index in [0.717, 1.165) is 11.3 Å². The maximum absolute atomic E-state index is 12.3. The number of nitro benzene ring substituents is 1. The molecular formula is C20H19N3O6. The Hall–Kier alpha value is -3.88. The lowest BCUT2D eigenvalue weighted by molar-refractivity contribution is -0.384. The summed E-state index contributed by atoms with van der Waals surface area (Å²) in [6.07, 6.45) is 0. The topological polar surface area (TPSA) is 108 Å². The van der Waals surface area contributed by atoms with Crippen molar-refractivity contribution >= 4 is 17.3 Å². The van der Waals surface area contributed by atoms with Crippen LogP contribution in [0.25, 0.3) is 11.3 Å². The summed E-state index contributed by atoms with van der Waals surface area (Å²) < 4.78 is 15.5. The third-order valence-corrected chi connectivity index (χ3v) is 4.18.